The van der Waals surface area contributed by atoms with Crippen LogP contribution in [0.1, 0.15) is 70.9 Å². The SMILES string of the molecule is CCC(C)=O.C[C@@H]1C[C@H]2[C@@H]3C[C@H](F)C4=CC(=O)C=C[C@]4(C)[C@@]3(F)[C@@H](O)C[C@]2(C)[C@@]1(OC(=O)c1ccco1)C(=O)SCF. The lowest BCUT2D eigenvalue weighted by Gasteiger charge is -2.63. The fraction of sp³-hybridized carbons (Fsp3) is 0.613. The van der Waals surface area contributed by atoms with Gasteiger partial charge in [-0.1, -0.05) is 26.8 Å². The first-order valence-corrected chi connectivity index (χ1v) is 15.1. The van der Waals surface area contributed by atoms with E-state index in [-0.39, 0.29) is 36.4 Å². The van der Waals surface area contributed by atoms with Crippen molar-refractivity contribution >= 4 is 34.4 Å². The minimum Gasteiger partial charge on any atom is -0.457 e. The lowest BCUT2D eigenvalue weighted by atomic mass is 9.44. The van der Waals surface area contributed by atoms with Crippen molar-refractivity contribution < 1.29 is 46.6 Å². The molecule has 5 rings (SSSR count). The number of halogens is 3. The van der Waals surface area contributed by atoms with Gasteiger partial charge in [0.15, 0.2) is 17.1 Å². The van der Waals surface area contributed by atoms with Crippen LogP contribution in [0, 0.1) is 28.6 Å². The van der Waals surface area contributed by atoms with E-state index in [1.165, 1.54) is 37.5 Å². The van der Waals surface area contributed by atoms with Crippen LogP contribution in [0.4, 0.5) is 13.2 Å². The second-order valence-electron chi connectivity index (χ2n) is 12.2. The summed E-state index contributed by atoms with van der Waals surface area (Å²) in [5.74, 6) is -3.72. The first kappa shape index (κ1) is 32.3. The van der Waals surface area contributed by atoms with Crippen LogP contribution < -0.4 is 0 Å². The topological polar surface area (TPSA) is 111 Å². The molecular formula is C31H37F3O7S. The molecule has 1 N–H and O–H groups in total. The number of rotatable bonds is 5. The predicted octanol–water partition coefficient (Wildman–Crippen LogP) is 5.91. The molecule has 0 aromatic carbocycles. The maximum Gasteiger partial charge on any atom is 0.375 e. The van der Waals surface area contributed by atoms with Gasteiger partial charge in [0.25, 0.3) is 0 Å². The molecule has 0 amide bonds. The molecule has 7 nitrogen and oxygen atoms in total. The Morgan fingerprint density at radius 1 is 1.21 bits per heavy atom. The van der Waals surface area contributed by atoms with Crippen molar-refractivity contribution in [3.8, 4) is 0 Å². The van der Waals surface area contributed by atoms with E-state index >= 15 is 8.78 Å². The number of aliphatic hydroxyl groups is 1. The number of ketones is 2. The molecule has 0 bridgehead atoms. The van der Waals surface area contributed by atoms with Crippen LogP contribution in [0.25, 0.3) is 0 Å². The molecular weight excluding hydrogens is 573 g/mol. The van der Waals surface area contributed by atoms with Crippen molar-refractivity contribution in [1.82, 2.24) is 0 Å². The predicted molar refractivity (Wildman–Crippen MR) is 150 cm³/mol. The van der Waals surface area contributed by atoms with E-state index in [1.807, 2.05) is 6.92 Å². The Kier molecular flexibility index (Phi) is 8.79. The Morgan fingerprint density at radius 2 is 1.88 bits per heavy atom. The molecule has 11 heteroatoms. The van der Waals surface area contributed by atoms with Crippen LogP contribution in [0.3, 0.4) is 0 Å². The number of hydrogen-bond donors (Lipinski definition) is 1. The molecule has 3 fully saturated rings. The summed E-state index contributed by atoms with van der Waals surface area (Å²) in [6.45, 7) is 8.22. The monoisotopic (exact) mass is 610 g/mol. The Balaban J connectivity index is 0.000000748. The highest BCUT2D eigenvalue weighted by atomic mass is 32.2. The number of esters is 1. The molecule has 0 saturated heterocycles. The van der Waals surface area contributed by atoms with Crippen LogP contribution in [-0.2, 0) is 19.1 Å². The van der Waals surface area contributed by atoms with Crippen LogP contribution in [0.15, 0.2) is 46.6 Å². The maximum atomic E-state index is 17.4. The maximum absolute atomic E-state index is 17.4. The van der Waals surface area contributed by atoms with Crippen molar-refractivity contribution in [2.24, 2.45) is 28.6 Å². The highest BCUT2D eigenvalue weighted by Gasteiger charge is 2.78. The van der Waals surface area contributed by atoms with Gasteiger partial charge in [-0.15, -0.1) is 0 Å². The van der Waals surface area contributed by atoms with Gasteiger partial charge in [-0.25, -0.2) is 18.0 Å². The molecule has 230 valence electrons. The van der Waals surface area contributed by atoms with E-state index in [1.54, 1.807) is 20.8 Å². The summed E-state index contributed by atoms with van der Waals surface area (Å²) in [5.41, 5.74) is -7.19. The number of ether oxygens (including phenoxy) is 1. The fourth-order valence-electron chi connectivity index (χ4n) is 7.97. The Bertz CT molecular complexity index is 1310. The molecule has 1 heterocycles. The van der Waals surface area contributed by atoms with Crippen molar-refractivity contribution in [2.75, 3.05) is 6.01 Å². The molecule has 42 heavy (non-hydrogen) atoms. The van der Waals surface area contributed by atoms with E-state index in [0.29, 0.717) is 18.2 Å². The Hall–Kier alpha value is -2.66. The average Bonchev–Trinajstić information content (AvgIpc) is 3.54. The molecule has 0 unspecified atom stereocenters. The van der Waals surface area contributed by atoms with Gasteiger partial charge in [0.1, 0.15) is 18.0 Å². The van der Waals surface area contributed by atoms with Crippen molar-refractivity contribution in [2.45, 2.75) is 83.8 Å². The van der Waals surface area contributed by atoms with Crippen LogP contribution in [-0.4, -0.2) is 57.3 Å². The fourth-order valence-corrected chi connectivity index (χ4v) is 8.76. The van der Waals surface area contributed by atoms with Gasteiger partial charge in [0.2, 0.25) is 10.9 Å². The summed E-state index contributed by atoms with van der Waals surface area (Å²) in [4.78, 5) is 48.5. The van der Waals surface area contributed by atoms with Gasteiger partial charge < -0.3 is 19.1 Å². The Morgan fingerprint density at radius 3 is 2.45 bits per heavy atom. The smallest absolute Gasteiger partial charge is 0.375 e. The van der Waals surface area contributed by atoms with Gasteiger partial charge in [0, 0.05) is 29.1 Å². The van der Waals surface area contributed by atoms with Crippen molar-refractivity contribution in [3.05, 3.63) is 48.0 Å². The highest BCUT2D eigenvalue weighted by Crippen LogP contribution is 2.72. The largest absolute Gasteiger partial charge is 0.457 e. The number of thioether (sulfide) groups is 1. The number of aliphatic hydroxyl groups excluding tert-OH is 1. The standard InChI is InChI=1S/C27H29F3O6S.C4H8O/c1-14-9-16-17-11-19(29)18-10-15(31)6-7-24(18,2)26(17,30)21(32)12-25(16,3)27(14,23(34)37-13-28)36-22(33)20-5-4-8-35-20;1-3-4(2)5/h4-8,10,14,16-17,19,21,32H,9,11-13H2,1-3H3;3H2,1-2H3/t14-,16+,17+,19+,21+,24+,25+,26+,27+;/m1./s1. The molecule has 0 spiro atoms. The minimum absolute atomic E-state index is 0.00739. The summed E-state index contributed by atoms with van der Waals surface area (Å²) >= 11 is 0.352. The third-order valence-corrected chi connectivity index (χ3v) is 10.8. The summed E-state index contributed by atoms with van der Waals surface area (Å²) < 4.78 is 57.5. The quantitative estimate of drug-likeness (QED) is 0.410. The zero-order valence-corrected chi connectivity index (χ0v) is 25.1. The normalized spacial score (nSPS) is 40.1. The third kappa shape index (κ3) is 4.62. The van der Waals surface area contributed by atoms with E-state index in [9.17, 15) is 28.7 Å². The molecule has 1 aromatic heterocycles. The molecule has 0 radical (unpaired) electrons. The Labute approximate surface area is 247 Å². The number of allylic oxidation sites excluding steroid dienone is 4. The van der Waals surface area contributed by atoms with Crippen LogP contribution in [0.2, 0.25) is 0 Å². The first-order chi connectivity index (χ1) is 19.6. The number of Topliss-reactive ketones (excluding diaryl/α,β-unsaturated/α-hetero) is 1. The number of carbonyl (C=O) groups excluding carboxylic acids is 4. The summed E-state index contributed by atoms with van der Waals surface area (Å²) in [5, 5.41) is 10.7. The van der Waals surface area contributed by atoms with E-state index in [2.05, 4.69) is 0 Å². The van der Waals surface area contributed by atoms with Crippen LogP contribution in [0.5, 0.6) is 0 Å². The van der Waals surface area contributed by atoms with E-state index in [0.717, 1.165) is 6.08 Å². The van der Waals surface area contributed by atoms with Crippen molar-refractivity contribution in [1.29, 1.82) is 0 Å². The zero-order chi connectivity index (χ0) is 31.3. The van der Waals surface area contributed by atoms with Gasteiger partial charge in [0.05, 0.1) is 12.4 Å². The number of alkyl halides is 3. The van der Waals surface area contributed by atoms with Gasteiger partial charge >= 0.3 is 5.97 Å². The van der Waals surface area contributed by atoms with Gasteiger partial charge in [-0.2, -0.15) is 0 Å². The second kappa shape index (κ2) is 11.4. The second-order valence-corrected chi connectivity index (χ2v) is 13.1. The number of carbonyl (C=O) groups is 4. The highest BCUT2D eigenvalue weighted by molar-refractivity contribution is 8.13. The van der Waals surface area contributed by atoms with Crippen molar-refractivity contribution in [3.63, 3.8) is 0 Å². The summed E-state index contributed by atoms with van der Waals surface area (Å²) in [6, 6.07) is 1.78. The lowest BCUT2D eigenvalue weighted by molar-refractivity contribution is -0.221. The van der Waals surface area contributed by atoms with E-state index in [4.69, 9.17) is 9.15 Å². The zero-order valence-electron chi connectivity index (χ0n) is 24.3. The molecule has 3 saturated carbocycles. The first-order valence-electron chi connectivity index (χ1n) is 14.1. The average molecular weight is 611 g/mol. The number of fused-ring (bicyclic) bond motifs is 5. The molecule has 4 aliphatic carbocycles. The molecule has 0 aliphatic heterocycles. The number of furan rings is 1. The lowest BCUT2D eigenvalue weighted by Crippen LogP contribution is -2.70. The molecule has 1 aromatic rings. The van der Waals surface area contributed by atoms with Gasteiger partial charge in [-0.05, 0) is 80.6 Å². The number of hydrogen-bond acceptors (Lipinski definition) is 8. The molecule has 9 atom stereocenters. The third-order valence-electron chi connectivity index (χ3n) is 10.1. The summed E-state index contributed by atoms with van der Waals surface area (Å²) in [7, 11) is 0. The molecule has 4 aliphatic rings. The van der Waals surface area contributed by atoms with E-state index < -0.39 is 75.0 Å². The van der Waals surface area contributed by atoms with Crippen LogP contribution >= 0.6 is 11.8 Å². The summed E-state index contributed by atoms with van der Waals surface area (Å²) in [6.07, 6.45) is 1.82. The van der Waals surface area contributed by atoms with Gasteiger partial charge in [-0.3, -0.25) is 9.59 Å². The minimum atomic E-state index is -2.35.